The second kappa shape index (κ2) is 5.78. The van der Waals surface area contributed by atoms with Crippen molar-refractivity contribution >= 4 is 0 Å². The van der Waals surface area contributed by atoms with Crippen LogP contribution in [-0.4, -0.2) is 7.38 Å². The van der Waals surface area contributed by atoms with E-state index in [-0.39, 0.29) is 40.8 Å². The Morgan fingerprint density at radius 2 is 1.40 bits per heavy atom. The van der Waals surface area contributed by atoms with Crippen LogP contribution in [0, 0.1) is 40.8 Å². The van der Waals surface area contributed by atoms with Crippen LogP contribution >= 0.6 is 0 Å². The van der Waals surface area contributed by atoms with Gasteiger partial charge in [-0.15, -0.1) is 0 Å². The first-order chi connectivity index (χ1) is 1.73. The normalized spacial score (nSPS) is 5.20. The van der Waals surface area contributed by atoms with E-state index in [2.05, 4.69) is 0 Å². The van der Waals surface area contributed by atoms with E-state index in [1.165, 1.54) is 0 Å². The molecule has 3 nitrogen and oxygen atoms in total. The predicted octanol–water partition coefficient (Wildman–Crippen LogP) is -1.24. The Morgan fingerprint density at radius 3 is 1.40 bits per heavy atom. The molecule has 0 radical (unpaired) electrons. The molecule has 28 valence electrons. The molecule has 5 heavy (non-hydrogen) atoms. The van der Waals surface area contributed by atoms with Crippen LogP contribution in [0.1, 0.15) is 0 Å². The van der Waals surface area contributed by atoms with Gasteiger partial charge < -0.3 is 0 Å². The summed E-state index contributed by atoms with van der Waals surface area (Å²) in [5.74, 6) is 0. The van der Waals surface area contributed by atoms with Gasteiger partial charge in [0.25, 0.3) is 0 Å². The van der Waals surface area contributed by atoms with Gasteiger partial charge in [-0.1, -0.05) is 0 Å². The third-order valence-electron chi connectivity index (χ3n) is 0. The Labute approximate surface area is 69.0 Å². The summed E-state index contributed by atoms with van der Waals surface area (Å²) in [6, 6.07) is 0. The molecule has 0 aliphatic heterocycles. The van der Waals surface area contributed by atoms with Crippen molar-refractivity contribution in [2.75, 3.05) is 0 Å². The Balaban J connectivity index is 0. The summed E-state index contributed by atoms with van der Waals surface area (Å²) in [6.07, 6.45) is 0. The maximum absolute atomic E-state index is 8.81. The zero-order valence-electron chi connectivity index (χ0n) is 2.30. The van der Waals surface area contributed by atoms with E-state index in [4.69, 9.17) is 10.7 Å². The van der Waals surface area contributed by atoms with Crippen molar-refractivity contribution in [3.05, 3.63) is 0 Å². The van der Waals surface area contributed by atoms with E-state index >= 15 is 0 Å². The fourth-order valence-electron chi connectivity index (χ4n) is 0. The molecule has 0 spiro atoms. The molecular weight excluding hydrogens is 240 g/mol. The Kier molecular flexibility index (Phi) is 11.5. The summed E-state index contributed by atoms with van der Waals surface area (Å²) >= 11 is -3.58. The van der Waals surface area contributed by atoms with Gasteiger partial charge >= 0.3 is 29.3 Å². The fourth-order valence-corrected chi connectivity index (χ4v) is 0. The maximum atomic E-state index is 8.81. The zero-order valence-corrected chi connectivity index (χ0v) is 7.07. The van der Waals surface area contributed by atoms with E-state index in [1.807, 2.05) is 0 Å². The van der Waals surface area contributed by atoms with Crippen molar-refractivity contribution in [2.45, 2.75) is 0 Å². The molecule has 0 amide bonds. The monoisotopic (exact) mass is 240 g/mol. The molecule has 0 aliphatic carbocycles. The van der Waals surface area contributed by atoms with Crippen LogP contribution in [0.2, 0.25) is 0 Å². The molecule has 0 aromatic rings. The first-order valence-corrected chi connectivity index (χ1v) is 2.69. The molecule has 0 heterocycles. The second-order valence-electron chi connectivity index (χ2n) is 0.283. The van der Waals surface area contributed by atoms with Crippen LogP contribution < -0.4 is 0 Å². The van der Waals surface area contributed by atoms with E-state index in [0.29, 0.717) is 0 Å². The summed E-state index contributed by atoms with van der Waals surface area (Å²) in [4.78, 5) is 0. The summed E-state index contributed by atoms with van der Waals surface area (Å²) in [7, 11) is 0. The van der Waals surface area contributed by atoms with Gasteiger partial charge in [-0.05, 0) is 0 Å². The van der Waals surface area contributed by atoms with Crippen LogP contribution in [0.15, 0.2) is 0 Å². The molecule has 2 N–H and O–H groups in total. The van der Waals surface area contributed by atoms with E-state index < -0.39 is 18.6 Å². The fraction of sp³-hybridized carbons (Fsp3) is 0. The Hall–Kier alpha value is 1.78. The molecule has 0 aliphatic rings. The summed E-state index contributed by atoms with van der Waals surface area (Å²) in [5, 5.41) is 0. The number of hydrogen-bond acceptors (Lipinski definition) is 1. The molecular formula is H2NdO3Ti. The average molecular weight is 242 g/mol. The minimum absolute atomic E-state index is 0. The van der Waals surface area contributed by atoms with Crippen molar-refractivity contribution in [2.24, 2.45) is 0 Å². The predicted molar refractivity (Wildman–Crippen MR) is 5.12 cm³/mol. The van der Waals surface area contributed by atoms with Crippen molar-refractivity contribution in [1.82, 2.24) is 0 Å². The molecule has 0 fully saturated rings. The van der Waals surface area contributed by atoms with Gasteiger partial charge in [0.15, 0.2) is 0 Å². The van der Waals surface area contributed by atoms with Crippen LogP contribution in [0.3, 0.4) is 0 Å². The standard InChI is InChI=1S/Nd.2H2O.O.Ti/h;2*1H2;;/q;;;;+2/p-2. The van der Waals surface area contributed by atoms with Crippen molar-refractivity contribution in [1.29, 1.82) is 0 Å². The minimum atomic E-state index is -3.58. The van der Waals surface area contributed by atoms with Gasteiger partial charge in [-0.25, -0.2) is 0 Å². The molecule has 0 saturated heterocycles. The molecule has 0 bridgehead atoms. The van der Waals surface area contributed by atoms with E-state index in [9.17, 15) is 0 Å². The molecule has 0 unspecified atom stereocenters. The third kappa shape index (κ3) is 26.0. The van der Waals surface area contributed by atoms with Gasteiger partial charge in [0, 0.05) is 40.8 Å². The molecule has 0 saturated carbocycles. The van der Waals surface area contributed by atoms with E-state index in [0.717, 1.165) is 0 Å². The molecule has 0 atom stereocenters. The van der Waals surface area contributed by atoms with Crippen molar-refractivity contribution < 1.29 is 70.2 Å². The third-order valence-corrected chi connectivity index (χ3v) is 0. The van der Waals surface area contributed by atoms with Crippen molar-refractivity contribution in [3.63, 3.8) is 0 Å². The number of rotatable bonds is 0. The zero-order chi connectivity index (χ0) is 3.58. The number of hydrogen-bond donors (Lipinski definition) is 2. The summed E-state index contributed by atoms with van der Waals surface area (Å²) in [5.41, 5.74) is 0. The van der Waals surface area contributed by atoms with Gasteiger partial charge in [-0.2, -0.15) is 0 Å². The second-order valence-corrected chi connectivity index (χ2v) is 1.17. The molecule has 0 rings (SSSR count). The Bertz CT molecular complexity index is 29.9. The van der Waals surface area contributed by atoms with Gasteiger partial charge in [0.05, 0.1) is 0 Å². The molecule has 5 heteroatoms. The van der Waals surface area contributed by atoms with Crippen LogP contribution in [0.4, 0.5) is 0 Å². The Morgan fingerprint density at radius 1 is 1.40 bits per heavy atom. The van der Waals surface area contributed by atoms with Gasteiger partial charge in [-0.3, -0.25) is 0 Å². The van der Waals surface area contributed by atoms with Gasteiger partial charge in [0.2, 0.25) is 0 Å². The quantitative estimate of drug-likeness (QED) is 0.523. The summed E-state index contributed by atoms with van der Waals surface area (Å²) < 4.78 is 23.2. The summed E-state index contributed by atoms with van der Waals surface area (Å²) in [6.45, 7) is 0. The SMILES string of the molecule is [Nd].[O]=[Ti]([OH])[OH]. The van der Waals surface area contributed by atoms with E-state index in [1.54, 1.807) is 0 Å². The topological polar surface area (TPSA) is 57.5 Å². The average Bonchev–Trinajstić information content (AvgIpc) is 0.811. The first kappa shape index (κ1) is 9.92. The van der Waals surface area contributed by atoms with Crippen LogP contribution in [0.25, 0.3) is 0 Å². The molecule has 0 aromatic heterocycles. The first-order valence-electron chi connectivity index (χ1n) is 0.651. The van der Waals surface area contributed by atoms with Crippen molar-refractivity contribution in [3.8, 4) is 0 Å². The van der Waals surface area contributed by atoms with Gasteiger partial charge in [0.1, 0.15) is 0 Å². The van der Waals surface area contributed by atoms with Crippen LogP contribution in [0.5, 0.6) is 0 Å². The molecule has 0 aromatic carbocycles. The van der Waals surface area contributed by atoms with Crippen LogP contribution in [-0.2, 0) is 21.9 Å².